The fraction of sp³-hybridized carbons (Fsp3) is 0.421. The third-order valence-electron chi connectivity index (χ3n) is 4.98. The van der Waals surface area contributed by atoms with Crippen LogP contribution in [0.1, 0.15) is 16.7 Å². The van der Waals surface area contributed by atoms with Crippen LogP contribution in [0.3, 0.4) is 0 Å². The standard InChI is InChI=1S/C19H23N3O2/c1-13-7-18(19(23)21(2)9-13)20-16-4-3-15-10-22(17-11-24-12-17)6-5-14(15)8-16/h3-4,7-9,17,20H,5-6,10-12H2,1-2H3. The van der Waals surface area contributed by atoms with Crippen LogP contribution in [0.2, 0.25) is 0 Å². The Balaban J connectivity index is 1.55. The minimum absolute atomic E-state index is 0.00511. The maximum Gasteiger partial charge on any atom is 0.273 e. The number of fused-ring (bicyclic) bond motifs is 1. The van der Waals surface area contributed by atoms with Gasteiger partial charge in [-0.25, -0.2) is 0 Å². The fourth-order valence-corrected chi connectivity index (χ4v) is 3.52. The summed E-state index contributed by atoms with van der Waals surface area (Å²) in [6.45, 7) is 5.81. The molecule has 2 aliphatic heterocycles. The molecule has 1 aromatic carbocycles. The minimum Gasteiger partial charge on any atom is -0.378 e. The fourth-order valence-electron chi connectivity index (χ4n) is 3.52. The summed E-state index contributed by atoms with van der Waals surface area (Å²) in [5, 5.41) is 3.29. The van der Waals surface area contributed by atoms with Crippen LogP contribution in [0.4, 0.5) is 11.4 Å². The number of pyridine rings is 1. The lowest BCUT2D eigenvalue weighted by Crippen LogP contribution is -2.50. The second-order valence-corrected chi connectivity index (χ2v) is 6.87. The third kappa shape index (κ3) is 2.85. The number of aryl methyl sites for hydroxylation is 2. The van der Waals surface area contributed by atoms with Crippen molar-refractivity contribution in [1.82, 2.24) is 9.47 Å². The van der Waals surface area contributed by atoms with E-state index in [2.05, 4.69) is 28.4 Å². The monoisotopic (exact) mass is 325 g/mol. The Bertz CT molecular complexity index is 824. The van der Waals surface area contributed by atoms with E-state index in [-0.39, 0.29) is 5.56 Å². The van der Waals surface area contributed by atoms with Crippen molar-refractivity contribution in [3.63, 3.8) is 0 Å². The van der Waals surface area contributed by atoms with Gasteiger partial charge in [-0.3, -0.25) is 9.69 Å². The van der Waals surface area contributed by atoms with Gasteiger partial charge in [-0.1, -0.05) is 6.07 Å². The second-order valence-electron chi connectivity index (χ2n) is 6.87. The maximum atomic E-state index is 12.3. The molecule has 2 aromatic rings. The van der Waals surface area contributed by atoms with Gasteiger partial charge in [-0.15, -0.1) is 0 Å². The molecule has 0 bridgehead atoms. The Hall–Kier alpha value is -2.11. The molecule has 1 aromatic heterocycles. The Morgan fingerprint density at radius 3 is 2.79 bits per heavy atom. The molecule has 0 amide bonds. The average Bonchev–Trinajstić information content (AvgIpc) is 2.50. The molecule has 0 atom stereocenters. The number of nitrogens with one attached hydrogen (secondary N) is 1. The molecule has 0 aliphatic carbocycles. The molecule has 1 saturated heterocycles. The van der Waals surface area contributed by atoms with Gasteiger partial charge in [0.05, 0.1) is 19.3 Å². The topological polar surface area (TPSA) is 46.5 Å². The van der Waals surface area contributed by atoms with Gasteiger partial charge in [-0.05, 0) is 48.2 Å². The molecule has 4 rings (SSSR count). The molecule has 1 fully saturated rings. The summed E-state index contributed by atoms with van der Waals surface area (Å²) in [5.41, 5.74) is 5.43. The summed E-state index contributed by atoms with van der Waals surface area (Å²) in [7, 11) is 1.78. The summed E-state index contributed by atoms with van der Waals surface area (Å²) in [5.74, 6) is 0. The highest BCUT2D eigenvalue weighted by Crippen LogP contribution is 2.26. The third-order valence-corrected chi connectivity index (χ3v) is 4.98. The summed E-state index contributed by atoms with van der Waals surface area (Å²) in [6, 6.07) is 8.93. The SMILES string of the molecule is Cc1cc(Nc2ccc3c(c2)CCN(C2COC2)C3)c(=O)n(C)c1. The van der Waals surface area contributed by atoms with Crippen molar-refractivity contribution in [2.75, 3.05) is 25.1 Å². The van der Waals surface area contributed by atoms with Crippen LogP contribution in [0.15, 0.2) is 35.3 Å². The second kappa shape index (κ2) is 6.07. The number of ether oxygens (including phenoxy) is 1. The van der Waals surface area contributed by atoms with Crippen molar-refractivity contribution in [3.8, 4) is 0 Å². The molecule has 0 spiro atoms. The number of rotatable bonds is 3. The quantitative estimate of drug-likeness (QED) is 0.940. The van der Waals surface area contributed by atoms with Gasteiger partial charge in [0.2, 0.25) is 0 Å². The van der Waals surface area contributed by atoms with Crippen molar-refractivity contribution >= 4 is 11.4 Å². The van der Waals surface area contributed by atoms with Crippen LogP contribution >= 0.6 is 0 Å². The zero-order valence-corrected chi connectivity index (χ0v) is 14.2. The molecule has 3 heterocycles. The molecule has 5 heteroatoms. The number of anilines is 2. The number of nitrogens with zero attached hydrogens (tertiary/aromatic N) is 2. The number of aromatic nitrogens is 1. The van der Waals surface area contributed by atoms with Crippen LogP contribution in [0.25, 0.3) is 0 Å². The van der Waals surface area contributed by atoms with Gasteiger partial charge in [-0.2, -0.15) is 0 Å². The van der Waals surface area contributed by atoms with Crippen LogP contribution < -0.4 is 10.9 Å². The van der Waals surface area contributed by atoms with Gasteiger partial charge < -0.3 is 14.6 Å². The van der Waals surface area contributed by atoms with E-state index in [1.807, 2.05) is 19.2 Å². The van der Waals surface area contributed by atoms with E-state index in [0.717, 1.165) is 44.0 Å². The van der Waals surface area contributed by atoms with E-state index in [1.54, 1.807) is 11.6 Å². The lowest BCUT2D eigenvalue weighted by molar-refractivity contribution is -0.0694. The average molecular weight is 325 g/mol. The van der Waals surface area contributed by atoms with E-state index in [1.165, 1.54) is 11.1 Å². The zero-order valence-electron chi connectivity index (χ0n) is 14.2. The van der Waals surface area contributed by atoms with Crippen LogP contribution in [0, 0.1) is 6.92 Å². The lowest BCUT2D eigenvalue weighted by atomic mass is 9.97. The number of benzene rings is 1. The van der Waals surface area contributed by atoms with Gasteiger partial charge >= 0.3 is 0 Å². The Morgan fingerprint density at radius 1 is 1.21 bits per heavy atom. The predicted molar refractivity (Wildman–Crippen MR) is 94.9 cm³/mol. The summed E-state index contributed by atoms with van der Waals surface area (Å²) in [4.78, 5) is 14.8. The summed E-state index contributed by atoms with van der Waals surface area (Å²) >= 11 is 0. The van der Waals surface area contributed by atoms with E-state index >= 15 is 0 Å². The normalized spacial score (nSPS) is 18.1. The Kier molecular flexibility index (Phi) is 3.90. The summed E-state index contributed by atoms with van der Waals surface area (Å²) in [6.07, 6.45) is 2.90. The largest absolute Gasteiger partial charge is 0.378 e. The first-order valence-corrected chi connectivity index (χ1v) is 8.48. The summed E-state index contributed by atoms with van der Waals surface area (Å²) < 4.78 is 6.93. The first-order valence-electron chi connectivity index (χ1n) is 8.48. The van der Waals surface area contributed by atoms with E-state index in [0.29, 0.717) is 11.7 Å². The van der Waals surface area contributed by atoms with E-state index in [4.69, 9.17) is 4.74 Å². The number of hydrogen-bond acceptors (Lipinski definition) is 4. The van der Waals surface area contributed by atoms with Gasteiger partial charge in [0.1, 0.15) is 5.69 Å². The first kappa shape index (κ1) is 15.4. The highest BCUT2D eigenvalue weighted by molar-refractivity contribution is 5.61. The molecule has 0 saturated carbocycles. The van der Waals surface area contributed by atoms with Crippen LogP contribution in [0.5, 0.6) is 0 Å². The minimum atomic E-state index is -0.00511. The first-order chi connectivity index (χ1) is 11.6. The van der Waals surface area contributed by atoms with E-state index < -0.39 is 0 Å². The number of hydrogen-bond donors (Lipinski definition) is 1. The van der Waals surface area contributed by atoms with Crippen molar-refractivity contribution < 1.29 is 4.74 Å². The highest BCUT2D eigenvalue weighted by atomic mass is 16.5. The Morgan fingerprint density at radius 2 is 2.04 bits per heavy atom. The smallest absolute Gasteiger partial charge is 0.273 e. The Labute approximate surface area is 141 Å². The van der Waals surface area contributed by atoms with Crippen LogP contribution in [-0.4, -0.2) is 35.3 Å². The maximum absolute atomic E-state index is 12.3. The molecule has 24 heavy (non-hydrogen) atoms. The molecule has 1 N–H and O–H groups in total. The van der Waals surface area contributed by atoms with Crippen molar-refractivity contribution in [2.24, 2.45) is 7.05 Å². The highest BCUT2D eigenvalue weighted by Gasteiger charge is 2.28. The zero-order chi connectivity index (χ0) is 16.7. The van der Waals surface area contributed by atoms with Gasteiger partial charge in [0.15, 0.2) is 0 Å². The molecule has 0 radical (unpaired) electrons. The lowest BCUT2D eigenvalue weighted by Gasteiger charge is -2.40. The van der Waals surface area contributed by atoms with Crippen molar-refractivity contribution in [2.45, 2.75) is 25.9 Å². The molecule has 126 valence electrons. The molecule has 2 aliphatic rings. The molecular formula is C19H23N3O2. The van der Waals surface area contributed by atoms with Gasteiger partial charge in [0, 0.05) is 32.0 Å². The van der Waals surface area contributed by atoms with Crippen molar-refractivity contribution in [3.05, 3.63) is 57.5 Å². The molecular weight excluding hydrogens is 302 g/mol. The predicted octanol–water partition coefficient (Wildman–Crippen LogP) is 2.19. The molecule has 0 unspecified atom stereocenters. The van der Waals surface area contributed by atoms with Crippen molar-refractivity contribution in [1.29, 1.82) is 0 Å². The van der Waals surface area contributed by atoms with E-state index in [9.17, 15) is 4.79 Å². The van der Waals surface area contributed by atoms with Crippen LogP contribution in [-0.2, 0) is 24.8 Å². The van der Waals surface area contributed by atoms with Gasteiger partial charge in [0.25, 0.3) is 5.56 Å². The molecule has 5 nitrogen and oxygen atoms in total.